The van der Waals surface area contributed by atoms with Crippen LogP contribution in [0.4, 0.5) is 46.5 Å². The molecular formula is C25H13Br2F8N3O2. The van der Waals surface area contributed by atoms with Crippen molar-refractivity contribution in [1.29, 1.82) is 0 Å². The molecule has 3 aromatic rings. The van der Waals surface area contributed by atoms with E-state index in [-0.39, 0.29) is 17.7 Å². The fraction of sp³-hybridized carbons (Fsp3) is 0.160. The molecule has 0 saturated heterocycles. The van der Waals surface area contributed by atoms with Gasteiger partial charge >= 0.3 is 18.0 Å². The molecule has 0 saturated carbocycles. The van der Waals surface area contributed by atoms with Crippen LogP contribution in [-0.4, -0.2) is 30.8 Å². The Morgan fingerprint density at radius 2 is 1.43 bits per heavy atom. The number of carbonyl (C=O) groups is 2. The number of anilines is 2. The Morgan fingerprint density at radius 1 is 0.875 bits per heavy atom. The lowest BCUT2D eigenvalue weighted by molar-refractivity contribution is -0.348. The van der Waals surface area contributed by atoms with Crippen molar-refractivity contribution in [2.75, 3.05) is 16.9 Å². The Balaban J connectivity index is 2.00. The van der Waals surface area contributed by atoms with E-state index in [0.717, 1.165) is 17.0 Å². The molecule has 0 radical (unpaired) electrons. The highest BCUT2D eigenvalue weighted by Crippen LogP contribution is 2.54. The third kappa shape index (κ3) is 5.83. The zero-order chi connectivity index (χ0) is 30.0. The zero-order valence-electron chi connectivity index (χ0n) is 19.5. The molecule has 0 bridgehead atoms. The van der Waals surface area contributed by atoms with E-state index in [0.29, 0.717) is 0 Å². The first-order valence-corrected chi connectivity index (χ1v) is 12.2. The summed E-state index contributed by atoms with van der Waals surface area (Å²) in [5.74, 6) is -3.21. The van der Waals surface area contributed by atoms with Crippen LogP contribution in [-0.2, 0) is 5.67 Å². The maximum absolute atomic E-state index is 15.5. The van der Waals surface area contributed by atoms with Crippen molar-refractivity contribution in [1.82, 2.24) is 0 Å². The molecule has 5 nitrogen and oxygen atoms in total. The lowest BCUT2D eigenvalue weighted by Gasteiger charge is -2.31. The lowest BCUT2D eigenvalue weighted by atomic mass is 9.94. The lowest BCUT2D eigenvalue weighted by Crippen LogP contribution is -2.50. The fourth-order valence-electron chi connectivity index (χ4n) is 3.52. The van der Waals surface area contributed by atoms with Gasteiger partial charge in [-0.1, -0.05) is 24.3 Å². The van der Waals surface area contributed by atoms with Gasteiger partial charge in [0.2, 0.25) is 0 Å². The molecule has 3 aromatic carbocycles. The highest BCUT2D eigenvalue weighted by molar-refractivity contribution is 9.11. The molecule has 0 aliphatic heterocycles. The molecule has 0 heterocycles. The van der Waals surface area contributed by atoms with Gasteiger partial charge < -0.3 is 5.32 Å². The molecule has 3 rings (SSSR count). The van der Waals surface area contributed by atoms with Crippen LogP contribution in [0.1, 0.15) is 26.3 Å². The van der Waals surface area contributed by atoms with Crippen molar-refractivity contribution in [3.05, 3.63) is 104 Å². The summed E-state index contributed by atoms with van der Waals surface area (Å²) in [6.07, 6.45) is -12.7. The SMILES string of the molecule is [C-]#[N+]CN(C(=O)c1ccccc1)c1cccc(C(=O)Nc2c(Br)cc(C(F)(C(F)(F)F)C(F)(F)F)cc2Br)c1F. The largest absolute Gasteiger partial charge is 0.435 e. The van der Waals surface area contributed by atoms with Crippen LogP contribution in [0, 0.1) is 12.4 Å². The van der Waals surface area contributed by atoms with Crippen molar-refractivity contribution < 1.29 is 44.7 Å². The fourth-order valence-corrected chi connectivity index (χ4v) is 4.91. The van der Waals surface area contributed by atoms with E-state index < -0.39 is 73.8 Å². The highest BCUT2D eigenvalue weighted by Gasteiger charge is 2.73. The van der Waals surface area contributed by atoms with Crippen LogP contribution in [0.25, 0.3) is 4.85 Å². The predicted molar refractivity (Wildman–Crippen MR) is 136 cm³/mol. The average molecular weight is 699 g/mol. The summed E-state index contributed by atoms with van der Waals surface area (Å²) in [5, 5.41) is 2.13. The van der Waals surface area contributed by atoms with Crippen molar-refractivity contribution in [3.8, 4) is 0 Å². The normalized spacial score (nSPS) is 12.0. The van der Waals surface area contributed by atoms with Crippen molar-refractivity contribution in [2.24, 2.45) is 0 Å². The topological polar surface area (TPSA) is 53.8 Å². The zero-order valence-corrected chi connectivity index (χ0v) is 22.6. The van der Waals surface area contributed by atoms with E-state index in [1.165, 1.54) is 18.2 Å². The first kappa shape index (κ1) is 31.0. The summed E-state index contributed by atoms with van der Waals surface area (Å²) in [6.45, 7) is 6.52. The van der Waals surface area contributed by atoms with Crippen LogP contribution in [0.5, 0.6) is 0 Å². The first-order valence-electron chi connectivity index (χ1n) is 10.7. The van der Waals surface area contributed by atoms with Gasteiger partial charge in [-0.2, -0.15) is 26.3 Å². The number of nitrogens with one attached hydrogen (secondary N) is 1. The molecule has 2 amide bonds. The number of amides is 2. The Labute approximate surface area is 237 Å². The molecule has 0 atom stereocenters. The number of halogens is 10. The predicted octanol–water partition coefficient (Wildman–Crippen LogP) is 8.42. The second-order valence-corrected chi connectivity index (χ2v) is 9.67. The molecular weight excluding hydrogens is 686 g/mol. The number of rotatable bonds is 6. The van der Waals surface area contributed by atoms with Gasteiger partial charge in [-0.3, -0.25) is 14.4 Å². The maximum atomic E-state index is 15.5. The van der Waals surface area contributed by atoms with E-state index in [4.69, 9.17) is 6.57 Å². The number of carbonyl (C=O) groups excluding carboxylic acids is 2. The quantitative estimate of drug-likeness (QED) is 0.208. The smallest absolute Gasteiger partial charge is 0.320 e. The Morgan fingerprint density at radius 3 is 1.93 bits per heavy atom. The molecule has 40 heavy (non-hydrogen) atoms. The Hall–Kier alpha value is -3.51. The van der Waals surface area contributed by atoms with Gasteiger partial charge in [-0.25, -0.2) is 20.3 Å². The average Bonchev–Trinajstić information content (AvgIpc) is 2.87. The van der Waals surface area contributed by atoms with Gasteiger partial charge in [0.15, 0.2) is 5.82 Å². The minimum atomic E-state index is -6.37. The third-order valence-corrected chi connectivity index (χ3v) is 6.70. The van der Waals surface area contributed by atoms with Crippen LogP contribution in [0.2, 0.25) is 0 Å². The minimum Gasteiger partial charge on any atom is -0.320 e. The van der Waals surface area contributed by atoms with Crippen LogP contribution >= 0.6 is 31.9 Å². The summed E-state index contributed by atoms with van der Waals surface area (Å²) in [5.41, 5.74) is -9.00. The summed E-state index contributed by atoms with van der Waals surface area (Å²) < 4.78 is 108. The molecule has 1 N–H and O–H groups in total. The molecule has 0 aromatic heterocycles. The van der Waals surface area contributed by atoms with Crippen molar-refractivity contribution in [2.45, 2.75) is 18.0 Å². The second-order valence-electron chi connectivity index (χ2n) is 7.96. The Bertz CT molecular complexity index is 1450. The molecule has 0 spiro atoms. The van der Waals surface area contributed by atoms with Crippen LogP contribution in [0.3, 0.4) is 0 Å². The summed E-state index contributed by atoms with van der Waals surface area (Å²) in [4.78, 5) is 29.7. The molecule has 0 unspecified atom stereocenters. The van der Waals surface area contributed by atoms with E-state index in [2.05, 4.69) is 42.0 Å². The molecule has 0 aliphatic rings. The molecule has 0 aliphatic carbocycles. The maximum Gasteiger partial charge on any atom is 0.435 e. The first-order chi connectivity index (χ1) is 18.5. The van der Waals surface area contributed by atoms with E-state index in [9.17, 15) is 40.3 Å². The highest BCUT2D eigenvalue weighted by atomic mass is 79.9. The number of hydrogen-bond donors (Lipinski definition) is 1. The summed E-state index contributed by atoms with van der Waals surface area (Å²) in [7, 11) is 0. The van der Waals surface area contributed by atoms with Crippen molar-refractivity contribution in [3.63, 3.8) is 0 Å². The number of hydrogen-bond acceptors (Lipinski definition) is 2. The second kappa shape index (κ2) is 11.5. The molecule has 0 fully saturated rings. The minimum absolute atomic E-state index is 0.120. The van der Waals surface area contributed by atoms with Gasteiger partial charge in [0.1, 0.15) is 0 Å². The van der Waals surface area contributed by atoms with Gasteiger partial charge in [0.25, 0.3) is 18.5 Å². The van der Waals surface area contributed by atoms with Crippen molar-refractivity contribution >= 4 is 55.0 Å². The van der Waals surface area contributed by atoms with E-state index in [1.807, 2.05) is 0 Å². The van der Waals surface area contributed by atoms with Crippen LogP contribution in [0.15, 0.2) is 69.6 Å². The third-order valence-electron chi connectivity index (χ3n) is 5.45. The number of nitrogens with zero attached hydrogens (tertiary/aromatic N) is 2. The van der Waals surface area contributed by atoms with Crippen LogP contribution < -0.4 is 10.2 Å². The number of alkyl halides is 7. The summed E-state index contributed by atoms with van der Waals surface area (Å²) >= 11 is 5.44. The van der Waals surface area contributed by atoms with Gasteiger partial charge in [0, 0.05) is 20.1 Å². The standard InChI is InChI=1S/C25H13Br2F8N3O2/c1-36-12-38(22(40)13-6-3-2-4-7-13)18-9-5-8-15(19(18)28)21(39)37-20-16(26)10-14(11-17(20)27)23(29,24(30,31)32)25(33,34)35/h2-11H,12H2,(H,37,39). The molecule has 210 valence electrons. The monoisotopic (exact) mass is 697 g/mol. The van der Waals surface area contributed by atoms with Gasteiger partial charge in [-0.15, -0.1) is 0 Å². The van der Waals surface area contributed by atoms with Gasteiger partial charge in [-0.05, 0) is 68.3 Å². The van der Waals surface area contributed by atoms with E-state index >= 15 is 4.39 Å². The number of benzene rings is 3. The van der Waals surface area contributed by atoms with Gasteiger partial charge in [0.05, 0.1) is 16.9 Å². The Kier molecular flexibility index (Phi) is 8.95. The molecule has 15 heteroatoms. The summed E-state index contributed by atoms with van der Waals surface area (Å²) in [6, 6.07) is 11.3. The van der Waals surface area contributed by atoms with E-state index in [1.54, 1.807) is 18.2 Å².